The van der Waals surface area contributed by atoms with Gasteiger partial charge in [-0.05, 0) is 31.0 Å². The molecule has 0 bridgehead atoms. The van der Waals surface area contributed by atoms with Crippen LogP contribution in [0.2, 0.25) is 0 Å². The molecule has 2 amide bonds. The van der Waals surface area contributed by atoms with E-state index in [1.165, 1.54) is 24.5 Å². The molecule has 0 radical (unpaired) electrons. The number of urea groups is 1. The van der Waals surface area contributed by atoms with Gasteiger partial charge >= 0.3 is 6.03 Å². The first-order valence-corrected chi connectivity index (χ1v) is 8.85. The van der Waals surface area contributed by atoms with Crippen LogP contribution in [-0.4, -0.2) is 46.2 Å². The highest BCUT2D eigenvalue weighted by atomic mass is 32.2. The first kappa shape index (κ1) is 18.6. The predicted molar refractivity (Wildman–Crippen MR) is 85.9 cm³/mol. The van der Waals surface area contributed by atoms with E-state index in [1.807, 2.05) is 6.92 Å². The molecule has 0 saturated heterocycles. The standard InChI is InChI=1S/C15H23FN2O3S/c1-3-4-8-18(9-5-10-19)15(20)17-12-6-7-14(22(2)21)13(16)11-12/h6-7,11,19H,3-5,8-10H2,1-2H3,(H,17,20). The highest BCUT2D eigenvalue weighted by Gasteiger charge is 2.14. The minimum Gasteiger partial charge on any atom is -0.396 e. The van der Waals surface area contributed by atoms with Gasteiger partial charge in [-0.15, -0.1) is 0 Å². The van der Waals surface area contributed by atoms with E-state index in [9.17, 15) is 13.4 Å². The van der Waals surface area contributed by atoms with E-state index >= 15 is 0 Å². The molecule has 0 heterocycles. The van der Waals surface area contributed by atoms with Crippen LogP contribution in [0.3, 0.4) is 0 Å². The van der Waals surface area contributed by atoms with Crippen molar-refractivity contribution in [3.63, 3.8) is 0 Å². The third-order valence-corrected chi connectivity index (χ3v) is 4.10. The lowest BCUT2D eigenvalue weighted by molar-refractivity contribution is 0.201. The summed E-state index contributed by atoms with van der Waals surface area (Å²) in [6, 6.07) is 3.78. The SMILES string of the molecule is CCCCN(CCCO)C(=O)Nc1ccc(S(C)=O)c(F)c1. The second-order valence-corrected chi connectivity index (χ2v) is 6.30. The largest absolute Gasteiger partial charge is 0.396 e. The van der Waals surface area contributed by atoms with Gasteiger partial charge < -0.3 is 15.3 Å². The fourth-order valence-electron chi connectivity index (χ4n) is 1.94. The van der Waals surface area contributed by atoms with Gasteiger partial charge in [0, 0.05) is 31.6 Å². The quantitative estimate of drug-likeness (QED) is 0.770. The number of carbonyl (C=O) groups is 1. The highest BCUT2D eigenvalue weighted by Crippen LogP contribution is 2.17. The number of anilines is 1. The van der Waals surface area contributed by atoms with Gasteiger partial charge in [0.2, 0.25) is 0 Å². The lowest BCUT2D eigenvalue weighted by Gasteiger charge is -2.22. The predicted octanol–water partition coefficient (Wildman–Crippen LogP) is 2.58. The smallest absolute Gasteiger partial charge is 0.321 e. The molecule has 1 aromatic carbocycles. The van der Waals surface area contributed by atoms with Crippen molar-refractivity contribution in [1.29, 1.82) is 0 Å². The van der Waals surface area contributed by atoms with Gasteiger partial charge in [0.05, 0.1) is 15.7 Å². The van der Waals surface area contributed by atoms with Crippen LogP contribution < -0.4 is 5.32 Å². The third kappa shape index (κ3) is 5.73. The fourth-order valence-corrected chi connectivity index (χ4v) is 2.53. The molecule has 0 aliphatic rings. The van der Waals surface area contributed by atoms with E-state index < -0.39 is 16.6 Å². The van der Waals surface area contributed by atoms with Crippen LogP contribution in [0.4, 0.5) is 14.9 Å². The molecule has 0 spiro atoms. The maximum atomic E-state index is 13.8. The van der Waals surface area contributed by atoms with Gasteiger partial charge in [0.15, 0.2) is 0 Å². The van der Waals surface area contributed by atoms with Crippen LogP contribution in [-0.2, 0) is 10.8 Å². The monoisotopic (exact) mass is 330 g/mol. The first-order valence-electron chi connectivity index (χ1n) is 7.29. The summed E-state index contributed by atoms with van der Waals surface area (Å²) in [6.45, 7) is 3.08. The fraction of sp³-hybridized carbons (Fsp3) is 0.533. The van der Waals surface area contributed by atoms with Gasteiger partial charge in [-0.25, -0.2) is 9.18 Å². The van der Waals surface area contributed by atoms with E-state index in [4.69, 9.17) is 5.11 Å². The van der Waals surface area contributed by atoms with Gasteiger partial charge in [-0.3, -0.25) is 4.21 Å². The van der Waals surface area contributed by atoms with Crippen LogP contribution in [0.5, 0.6) is 0 Å². The molecule has 0 aromatic heterocycles. The lowest BCUT2D eigenvalue weighted by atomic mass is 10.3. The Morgan fingerprint density at radius 1 is 1.36 bits per heavy atom. The molecule has 22 heavy (non-hydrogen) atoms. The summed E-state index contributed by atoms with van der Waals surface area (Å²) in [5, 5.41) is 11.5. The number of carbonyl (C=O) groups excluding carboxylic acids is 1. The van der Waals surface area contributed by atoms with E-state index in [0.29, 0.717) is 25.2 Å². The number of aliphatic hydroxyl groups is 1. The van der Waals surface area contributed by atoms with Crippen molar-refractivity contribution in [2.24, 2.45) is 0 Å². The normalized spacial score (nSPS) is 12.0. The zero-order valence-electron chi connectivity index (χ0n) is 13.0. The number of amides is 2. The van der Waals surface area contributed by atoms with Gasteiger partial charge in [-0.2, -0.15) is 0 Å². The zero-order valence-corrected chi connectivity index (χ0v) is 13.8. The minimum atomic E-state index is -1.40. The Morgan fingerprint density at radius 2 is 2.05 bits per heavy atom. The Hall–Kier alpha value is -1.47. The zero-order chi connectivity index (χ0) is 16.5. The van der Waals surface area contributed by atoms with E-state index in [0.717, 1.165) is 12.8 Å². The molecule has 7 heteroatoms. The molecule has 124 valence electrons. The number of halogens is 1. The van der Waals surface area contributed by atoms with Crippen LogP contribution in [0.15, 0.2) is 23.1 Å². The van der Waals surface area contributed by atoms with E-state index in [2.05, 4.69) is 5.32 Å². The number of unbranched alkanes of at least 4 members (excludes halogenated alkanes) is 1. The van der Waals surface area contributed by atoms with Crippen LogP contribution in [0.1, 0.15) is 26.2 Å². The Bertz CT molecular complexity index is 518. The number of hydrogen-bond acceptors (Lipinski definition) is 3. The van der Waals surface area contributed by atoms with Crippen LogP contribution in [0.25, 0.3) is 0 Å². The number of nitrogens with zero attached hydrogens (tertiary/aromatic N) is 1. The van der Waals surface area contributed by atoms with E-state index in [1.54, 1.807) is 4.90 Å². The topological polar surface area (TPSA) is 69.6 Å². The summed E-state index contributed by atoms with van der Waals surface area (Å²) in [6.07, 6.45) is 3.72. The molecule has 1 aromatic rings. The molecule has 1 unspecified atom stereocenters. The van der Waals surface area contributed by atoms with Crippen molar-refractivity contribution >= 4 is 22.5 Å². The Labute approximate surface area is 133 Å². The molecule has 5 nitrogen and oxygen atoms in total. The summed E-state index contributed by atoms with van der Waals surface area (Å²) in [5.74, 6) is -0.603. The first-order chi connectivity index (χ1) is 10.5. The van der Waals surface area contributed by atoms with Crippen molar-refractivity contribution in [2.45, 2.75) is 31.1 Å². The third-order valence-electron chi connectivity index (χ3n) is 3.15. The van der Waals surface area contributed by atoms with Gasteiger partial charge in [0.25, 0.3) is 0 Å². The Kier molecular flexibility index (Phi) is 8.05. The van der Waals surface area contributed by atoms with Crippen molar-refractivity contribution in [1.82, 2.24) is 4.90 Å². The maximum absolute atomic E-state index is 13.8. The summed E-state index contributed by atoms with van der Waals surface area (Å²) in [5.41, 5.74) is 0.321. The molecule has 0 fully saturated rings. The van der Waals surface area contributed by atoms with Crippen molar-refractivity contribution in [3.8, 4) is 0 Å². The summed E-state index contributed by atoms with van der Waals surface area (Å²) in [4.78, 5) is 13.9. The van der Waals surface area contributed by atoms with E-state index in [-0.39, 0.29) is 17.5 Å². The van der Waals surface area contributed by atoms with Crippen LogP contribution >= 0.6 is 0 Å². The molecule has 0 aliphatic heterocycles. The molecule has 1 atom stereocenters. The Morgan fingerprint density at radius 3 is 2.59 bits per heavy atom. The van der Waals surface area contributed by atoms with Crippen molar-refractivity contribution < 1.29 is 18.5 Å². The van der Waals surface area contributed by atoms with Gasteiger partial charge in [0.1, 0.15) is 5.82 Å². The second-order valence-electron chi connectivity index (χ2n) is 4.95. The molecule has 0 saturated carbocycles. The molecular weight excluding hydrogens is 307 g/mol. The van der Waals surface area contributed by atoms with Crippen molar-refractivity contribution in [3.05, 3.63) is 24.0 Å². The number of hydrogen-bond donors (Lipinski definition) is 2. The number of aliphatic hydroxyl groups excluding tert-OH is 1. The highest BCUT2D eigenvalue weighted by molar-refractivity contribution is 7.84. The second kappa shape index (κ2) is 9.53. The lowest BCUT2D eigenvalue weighted by Crippen LogP contribution is -2.36. The average Bonchev–Trinajstić information content (AvgIpc) is 2.47. The van der Waals surface area contributed by atoms with Crippen molar-refractivity contribution in [2.75, 3.05) is 31.3 Å². The molecule has 0 aliphatic carbocycles. The summed E-state index contributed by atoms with van der Waals surface area (Å²) < 4.78 is 25.1. The summed E-state index contributed by atoms with van der Waals surface area (Å²) in [7, 11) is -1.40. The van der Waals surface area contributed by atoms with Gasteiger partial charge in [-0.1, -0.05) is 13.3 Å². The number of rotatable bonds is 8. The molecule has 1 rings (SSSR count). The number of benzene rings is 1. The number of nitrogens with one attached hydrogen (secondary N) is 1. The minimum absolute atomic E-state index is 0.0154. The summed E-state index contributed by atoms with van der Waals surface area (Å²) >= 11 is 0. The van der Waals surface area contributed by atoms with Crippen LogP contribution in [0, 0.1) is 5.82 Å². The molecular formula is C15H23FN2O3S. The Balaban J connectivity index is 2.75. The molecule has 2 N–H and O–H groups in total. The maximum Gasteiger partial charge on any atom is 0.321 e. The average molecular weight is 330 g/mol.